The van der Waals surface area contributed by atoms with Crippen molar-refractivity contribution in [2.24, 2.45) is 5.41 Å². The summed E-state index contributed by atoms with van der Waals surface area (Å²) in [5.74, 6) is 0. The Bertz CT molecular complexity index is 418. The van der Waals surface area contributed by atoms with E-state index in [0.29, 0.717) is 6.04 Å². The second kappa shape index (κ2) is 5.89. The van der Waals surface area contributed by atoms with E-state index in [9.17, 15) is 0 Å². The van der Waals surface area contributed by atoms with E-state index in [1.54, 1.807) is 0 Å². The molecule has 0 aliphatic heterocycles. The average molecular weight is 271 g/mol. The number of hydrogen-bond donors (Lipinski definition) is 1. The van der Waals surface area contributed by atoms with E-state index in [1.807, 2.05) is 0 Å². The Morgan fingerprint density at radius 2 is 1.60 bits per heavy atom. The SMILES string of the molecule is Cc1ccc([C@@H](C)NC2CCC3(CCCC3)CC2)cc1. The first-order valence-corrected chi connectivity index (χ1v) is 8.50. The molecule has 1 N–H and O–H groups in total. The van der Waals surface area contributed by atoms with E-state index in [4.69, 9.17) is 0 Å². The molecule has 1 atom stereocenters. The van der Waals surface area contributed by atoms with Gasteiger partial charge in [0.15, 0.2) is 0 Å². The van der Waals surface area contributed by atoms with Crippen molar-refractivity contribution in [3.05, 3.63) is 35.4 Å². The molecule has 1 aromatic rings. The van der Waals surface area contributed by atoms with Crippen molar-refractivity contribution in [3.63, 3.8) is 0 Å². The molecule has 0 amide bonds. The first kappa shape index (κ1) is 14.1. The Morgan fingerprint density at radius 1 is 1.00 bits per heavy atom. The Labute approximate surface area is 124 Å². The van der Waals surface area contributed by atoms with E-state index in [1.165, 1.54) is 62.5 Å². The van der Waals surface area contributed by atoms with E-state index in [2.05, 4.69) is 43.4 Å². The van der Waals surface area contributed by atoms with Crippen LogP contribution < -0.4 is 5.32 Å². The van der Waals surface area contributed by atoms with Crippen LogP contribution in [0.2, 0.25) is 0 Å². The van der Waals surface area contributed by atoms with Crippen LogP contribution in [0.25, 0.3) is 0 Å². The van der Waals surface area contributed by atoms with Crippen LogP contribution in [0, 0.1) is 12.3 Å². The molecule has 1 heteroatoms. The number of rotatable bonds is 3. The topological polar surface area (TPSA) is 12.0 Å². The summed E-state index contributed by atoms with van der Waals surface area (Å²) < 4.78 is 0. The van der Waals surface area contributed by atoms with Crippen molar-refractivity contribution in [2.45, 2.75) is 77.3 Å². The summed E-state index contributed by atoms with van der Waals surface area (Å²) in [6, 6.07) is 10.2. The van der Waals surface area contributed by atoms with Crippen LogP contribution in [0.15, 0.2) is 24.3 Å². The van der Waals surface area contributed by atoms with Gasteiger partial charge in [0.2, 0.25) is 0 Å². The van der Waals surface area contributed by atoms with E-state index < -0.39 is 0 Å². The van der Waals surface area contributed by atoms with Crippen LogP contribution in [-0.4, -0.2) is 6.04 Å². The maximum Gasteiger partial charge on any atom is 0.0294 e. The quantitative estimate of drug-likeness (QED) is 0.801. The lowest BCUT2D eigenvalue weighted by atomic mass is 9.71. The highest BCUT2D eigenvalue weighted by atomic mass is 14.9. The molecule has 110 valence electrons. The molecule has 2 fully saturated rings. The molecule has 2 aliphatic carbocycles. The Balaban J connectivity index is 1.52. The fourth-order valence-corrected chi connectivity index (χ4v) is 4.33. The van der Waals surface area contributed by atoms with Gasteiger partial charge in [0, 0.05) is 12.1 Å². The standard InChI is InChI=1S/C19H29N/c1-15-5-7-17(8-6-15)16(2)20-18-9-13-19(14-10-18)11-3-4-12-19/h5-8,16,18,20H,3-4,9-14H2,1-2H3/t16-/m1/s1. The Kier molecular flexibility index (Phi) is 4.16. The highest BCUT2D eigenvalue weighted by Crippen LogP contribution is 2.49. The van der Waals surface area contributed by atoms with Crippen LogP contribution >= 0.6 is 0 Å². The van der Waals surface area contributed by atoms with Gasteiger partial charge < -0.3 is 5.32 Å². The fourth-order valence-electron chi connectivity index (χ4n) is 4.33. The van der Waals surface area contributed by atoms with Crippen LogP contribution in [0.1, 0.15) is 75.5 Å². The fraction of sp³-hybridized carbons (Fsp3) is 0.684. The molecule has 0 radical (unpaired) electrons. The smallest absolute Gasteiger partial charge is 0.0294 e. The van der Waals surface area contributed by atoms with Gasteiger partial charge >= 0.3 is 0 Å². The first-order chi connectivity index (χ1) is 9.67. The van der Waals surface area contributed by atoms with Gasteiger partial charge in [-0.2, -0.15) is 0 Å². The van der Waals surface area contributed by atoms with E-state index in [-0.39, 0.29) is 0 Å². The number of hydrogen-bond acceptors (Lipinski definition) is 1. The van der Waals surface area contributed by atoms with Gasteiger partial charge in [-0.3, -0.25) is 0 Å². The van der Waals surface area contributed by atoms with Gasteiger partial charge in [-0.05, 0) is 63.4 Å². The minimum absolute atomic E-state index is 0.484. The van der Waals surface area contributed by atoms with Crippen molar-refractivity contribution < 1.29 is 0 Å². The molecule has 1 spiro atoms. The van der Waals surface area contributed by atoms with Crippen LogP contribution in [-0.2, 0) is 0 Å². The highest BCUT2D eigenvalue weighted by Gasteiger charge is 2.37. The predicted octanol–water partition coefficient (Wildman–Crippen LogP) is 5.15. The third kappa shape index (κ3) is 3.09. The number of nitrogens with one attached hydrogen (secondary N) is 1. The minimum atomic E-state index is 0.484. The summed E-state index contributed by atoms with van der Waals surface area (Å²) in [6.07, 6.45) is 11.7. The molecule has 1 nitrogen and oxygen atoms in total. The highest BCUT2D eigenvalue weighted by molar-refractivity contribution is 5.23. The summed E-state index contributed by atoms with van der Waals surface area (Å²) in [7, 11) is 0. The third-order valence-electron chi connectivity index (χ3n) is 5.77. The summed E-state index contributed by atoms with van der Waals surface area (Å²) in [4.78, 5) is 0. The maximum atomic E-state index is 3.86. The lowest BCUT2D eigenvalue weighted by Gasteiger charge is -2.38. The van der Waals surface area contributed by atoms with Gasteiger partial charge in [0.1, 0.15) is 0 Å². The summed E-state index contributed by atoms with van der Waals surface area (Å²) in [5.41, 5.74) is 3.53. The first-order valence-electron chi connectivity index (χ1n) is 8.50. The molecular formula is C19H29N. The molecule has 2 aliphatic rings. The normalized spacial score (nSPS) is 24.1. The van der Waals surface area contributed by atoms with Crippen LogP contribution in [0.3, 0.4) is 0 Å². The molecule has 0 bridgehead atoms. The molecule has 20 heavy (non-hydrogen) atoms. The molecule has 1 aromatic carbocycles. The zero-order chi connectivity index (χ0) is 14.0. The number of benzene rings is 1. The van der Waals surface area contributed by atoms with Crippen LogP contribution in [0.5, 0.6) is 0 Å². The Hall–Kier alpha value is -0.820. The average Bonchev–Trinajstić information content (AvgIpc) is 2.91. The molecule has 2 saturated carbocycles. The van der Waals surface area contributed by atoms with Crippen molar-refractivity contribution in [1.82, 2.24) is 5.32 Å². The molecule has 0 unspecified atom stereocenters. The predicted molar refractivity (Wildman–Crippen MR) is 85.9 cm³/mol. The van der Waals surface area contributed by atoms with Crippen molar-refractivity contribution in [3.8, 4) is 0 Å². The van der Waals surface area contributed by atoms with Crippen LogP contribution in [0.4, 0.5) is 0 Å². The van der Waals surface area contributed by atoms with Gasteiger partial charge in [0.25, 0.3) is 0 Å². The molecule has 0 aromatic heterocycles. The van der Waals surface area contributed by atoms with Crippen molar-refractivity contribution >= 4 is 0 Å². The lowest BCUT2D eigenvalue weighted by Crippen LogP contribution is -2.37. The summed E-state index contributed by atoms with van der Waals surface area (Å²) in [5, 5.41) is 3.86. The zero-order valence-corrected chi connectivity index (χ0v) is 13.1. The van der Waals surface area contributed by atoms with Gasteiger partial charge in [-0.1, -0.05) is 42.7 Å². The molecule has 0 heterocycles. The third-order valence-corrected chi connectivity index (χ3v) is 5.77. The summed E-state index contributed by atoms with van der Waals surface area (Å²) >= 11 is 0. The van der Waals surface area contributed by atoms with Gasteiger partial charge in [-0.15, -0.1) is 0 Å². The van der Waals surface area contributed by atoms with Crippen molar-refractivity contribution in [2.75, 3.05) is 0 Å². The Morgan fingerprint density at radius 3 is 2.20 bits per heavy atom. The monoisotopic (exact) mass is 271 g/mol. The molecule has 3 rings (SSSR count). The zero-order valence-electron chi connectivity index (χ0n) is 13.1. The van der Waals surface area contributed by atoms with E-state index in [0.717, 1.165) is 11.5 Å². The van der Waals surface area contributed by atoms with Gasteiger partial charge in [-0.25, -0.2) is 0 Å². The van der Waals surface area contributed by atoms with Crippen molar-refractivity contribution in [1.29, 1.82) is 0 Å². The maximum absolute atomic E-state index is 3.86. The lowest BCUT2D eigenvalue weighted by molar-refractivity contribution is 0.164. The minimum Gasteiger partial charge on any atom is -0.307 e. The second-order valence-electron chi connectivity index (χ2n) is 7.28. The summed E-state index contributed by atoms with van der Waals surface area (Å²) in [6.45, 7) is 4.47. The largest absolute Gasteiger partial charge is 0.307 e. The molecular weight excluding hydrogens is 242 g/mol. The number of aryl methyl sites for hydroxylation is 1. The molecule has 0 saturated heterocycles. The van der Waals surface area contributed by atoms with E-state index >= 15 is 0 Å². The van der Waals surface area contributed by atoms with Gasteiger partial charge in [0.05, 0.1) is 0 Å². The second-order valence-corrected chi connectivity index (χ2v) is 7.28.